The molecule has 0 saturated heterocycles. The van der Waals surface area contributed by atoms with E-state index < -0.39 is 5.92 Å². The molecule has 17 heavy (non-hydrogen) atoms. The van der Waals surface area contributed by atoms with Crippen LogP contribution in [0.4, 0.5) is 8.78 Å². The van der Waals surface area contributed by atoms with Crippen LogP contribution in [-0.4, -0.2) is 20.3 Å². The van der Waals surface area contributed by atoms with E-state index in [0.29, 0.717) is 12.8 Å². The van der Waals surface area contributed by atoms with E-state index in [1.807, 2.05) is 10.6 Å². The molecule has 2 aromatic rings. The van der Waals surface area contributed by atoms with E-state index in [1.165, 1.54) is 0 Å². The van der Waals surface area contributed by atoms with Crippen LogP contribution in [0.2, 0.25) is 0 Å². The average Bonchev–Trinajstić information content (AvgIpc) is 2.73. The molecule has 0 aliphatic heterocycles. The monoisotopic (exact) mass is 237 g/mol. The van der Waals surface area contributed by atoms with Crippen LogP contribution < -0.4 is 0 Å². The Bertz CT molecular complexity index is 525. The minimum absolute atomic E-state index is 0.0301. The Balaban J connectivity index is 1.90. The quantitative estimate of drug-likeness (QED) is 0.763. The Kier molecular flexibility index (Phi) is 2.34. The summed E-state index contributed by atoms with van der Waals surface area (Å²) in [5.41, 5.74) is 0.917. The first kappa shape index (κ1) is 10.6. The fourth-order valence-corrected chi connectivity index (χ4v) is 2.47. The van der Waals surface area contributed by atoms with Gasteiger partial charge in [-0.15, -0.1) is 0 Å². The van der Waals surface area contributed by atoms with Crippen molar-refractivity contribution in [1.82, 2.24) is 14.4 Å². The molecule has 2 aromatic heterocycles. The smallest absolute Gasteiger partial charge is 0.248 e. The van der Waals surface area contributed by atoms with Gasteiger partial charge in [0.05, 0.1) is 17.9 Å². The summed E-state index contributed by atoms with van der Waals surface area (Å²) in [6.45, 7) is 0. The highest BCUT2D eigenvalue weighted by atomic mass is 19.3. The molecule has 0 unspecified atom stereocenters. The number of alkyl halides is 2. The third-order valence-electron chi connectivity index (χ3n) is 3.44. The van der Waals surface area contributed by atoms with Gasteiger partial charge in [-0.05, 0) is 12.8 Å². The zero-order chi connectivity index (χ0) is 11.9. The van der Waals surface area contributed by atoms with E-state index in [2.05, 4.69) is 9.97 Å². The maximum Gasteiger partial charge on any atom is 0.248 e. The molecule has 1 aliphatic rings. The topological polar surface area (TPSA) is 30.2 Å². The van der Waals surface area contributed by atoms with E-state index in [1.54, 1.807) is 18.6 Å². The van der Waals surface area contributed by atoms with Crippen molar-refractivity contribution in [3.05, 3.63) is 30.6 Å². The summed E-state index contributed by atoms with van der Waals surface area (Å²) in [4.78, 5) is 8.36. The van der Waals surface area contributed by atoms with E-state index in [4.69, 9.17) is 0 Å². The molecule has 1 saturated carbocycles. The van der Waals surface area contributed by atoms with Crippen LogP contribution in [0.15, 0.2) is 24.8 Å². The SMILES string of the molecule is FC1(F)CCC(c2ncc3cnccn23)CC1. The van der Waals surface area contributed by atoms with Gasteiger partial charge < -0.3 is 4.40 Å². The van der Waals surface area contributed by atoms with Crippen molar-refractivity contribution in [2.75, 3.05) is 0 Å². The first-order valence-corrected chi connectivity index (χ1v) is 5.80. The standard InChI is InChI=1S/C12H13F2N3/c13-12(14)3-1-9(2-4-12)11-16-8-10-7-15-5-6-17(10)11/h5-9H,1-4H2. The van der Waals surface area contributed by atoms with E-state index in [9.17, 15) is 8.78 Å². The second kappa shape index (κ2) is 3.75. The molecule has 0 radical (unpaired) electrons. The average molecular weight is 237 g/mol. The lowest BCUT2D eigenvalue weighted by Crippen LogP contribution is -2.24. The number of halogens is 2. The predicted octanol–water partition coefficient (Wildman–Crippen LogP) is 3.02. The van der Waals surface area contributed by atoms with Crippen molar-refractivity contribution in [3.8, 4) is 0 Å². The lowest BCUT2D eigenvalue weighted by Gasteiger charge is -2.27. The van der Waals surface area contributed by atoms with Crippen LogP contribution in [0.5, 0.6) is 0 Å². The summed E-state index contributed by atoms with van der Waals surface area (Å²) in [6.07, 6.45) is 7.96. The molecule has 5 heteroatoms. The predicted molar refractivity (Wildman–Crippen MR) is 59.1 cm³/mol. The van der Waals surface area contributed by atoms with E-state index >= 15 is 0 Å². The maximum atomic E-state index is 13.1. The van der Waals surface area contributed by atoms with Gasteiger partial charge in [0, 0.05) is 31.2 Å². The van der Waals surface area contributed by atoms with Crippen molar-refractivity contribution in [2.24, 2.45) is 0 Å². The fraction of sp³-hybridized carbons (Fsp3) is 0.500. The number of hydrogen-bond donors (Lipinski definition) is 0. The van der Waals surface area contributed by atoms with Crippen molar-refractivity contribution in [1.29, 1.82) is 0 Å². The molecular formula is C12H13F2N3. The third-order valence-corrected chi connectivity index (χ3v) is 3.44. The Morgan fingerprint density at radius 2 is 2.00 bits per heavy atom. The zero-order valence-electron chi connectivity index (χ0n) is 9.31. The highest BCUT2D eigenvalue weighted by Crippen LogP contribution is 2.40. The number of hydrogen-bond acceptors (Lipinski definition) is 2. The van der Waals surface area contributed by atoms with Gasteiger partial charge >= 0.3 is 0 Å². The summed E-state index contributed by atoms with van der Waals surface area (Å²) in [7, 11) is 0. The minimum Gasteiger partial charge on any atom is -0.300 e. The third kappa shape index (κ3) is 1.90. The Labute approximate surface area is 97.5 Å². The maximum absolute atomic E-state index is 13.1. The lowest BCUT2D eigenvalue weighted by atomic mass is 9.86. The first-order chi connectivity index (χ1) is 8.16. The van der Waals surface area contributed by atoms with Crippen LogP contribution in [0.3, 0.4) is 0 Å². The summed E-state index contributed by atoms with van der Waals surface area (Å²) in [6, 6.07) is 0. The van der Waals surface area contributed by atoms with Gasteiger partial charge in [-0.1, -0.05) is 0 Å². The van der Waals surface area contributed by atoms with Gasteiger partial charge in [0.25, 0.3) is 0 Å². The number of aromatic nitrogens is 3. The van der Waals surface area contributed by atoms with Crippen LogP contribution >= 0.6 is 0 Å². The fourth-order valence-electron chi connectivity index (χ4n) is 2.47. The largest absolute Gasteiger partial charge is 0.300 e. The molecule has 0 atom stereocenters. The lowest BCUT2D eigenvalue weighted by molar-refractivity contribution is -0.0388. The molecule has 90 valence electrons. The number of imidazole rings is 1. The van der Waals surface area contributed by atoms with Gasteiger partial charge in [0.1, 0.15) is 5.82 Å². The van der Waals surface area contributed by atoms with Gasteiger partial charge in [-0.3, -0.25) is 4.98 Å². The van der Waals surface area contributed by atoms with Gasteiger partial charge in [-0.25, -0.2) is 13.8 Å². The number of fused-ring (bicyclic) bond motifs is 1. The Morgan fingerprint density at radius 1 is 1.24 bits per heavy atom. The molecule has 3 nitrogen and oxygen atoms in total. The molecule has 0 aromatic carbocycles. The molecule has 1 aliphatic carbocycles. The molecule has 0 N–H and O–H groups in total. The molecule has 3 rings (SSSR count). The molecule has 2 heterocycles. The normalized spacial score (nSPS) is 20.8. The Hall–Kier alpha value is -1.52. The highest BCUT2D eigenvalue weighted by molar-refractivity contribution is 5.43. The second-order valence-corrected chi connectivity index (χ2v) is 4.62. The summed E-state index contributed by atoms with van der Waals surface area (Å²) in [5, 5.41) is 0. The van der Waals surface area contributed by atoms with Crippen LogP contribution in [-0.2, 0) is 0 Å². The molecular weight excluding hydrogens is 224 g/mol. The molecule has 0 amide bonds. The molecule has 1 fully saturated rings. The Morgan fingerprint density at radius 3 is 2.76 bits per heavy atom. The van der Waals surface area contributed by atoms with Crippen LogP contribution in [0, 0.1) is 0 Å². The summed E-state index contributed by atoms with van der Waals surface area (Å²) >= 11 is 0. The number of nitrogens with zero attached hydrogens (tertiary/aromatic N) is 3. The second-order valence-electron chi connectivity index (χ2n) is 4.62. The van der Waals surface area contributed by atoms with Crippen molar-refractivity contribution in [3.63, 3.8) is 0 Å². The number of rotatable bonds is 1. The van der Waals surface area contributed by atoms with Crippen molar-refractivity contribution >= 4 is 5.52 Å². The van der Waals surface area contributed by atoms with Crippen LogP contribution in [0.1, 0.15) is 37.4 Å². The highest BCUT2D eigenvalue weighted by Gasteiger charge is 2.36. The van der Waals surface area contributed by atoms with Crippen molar-refractivity contribution in [2.45, 2.75) is 37.5 Å². The molecule has 0 bridgehead atoms. The first-order valence-electron chi connectivity index (χ1n) is 5.80. The zero-order valence-corrected chi connectivity index (χ0v) is 9.31. The van der Waals surface area contributed by atoms with Gasteiger partial charge in [-0.2, -0.15) is 0 Å². The van der Waals surface area contributed by atoms with Gasteiger partial charge in [0.2, 0.25) is 5.92 Å². The van der Waals surface area contributed by atoms with E-state index in [-0.39, 0.29) is 18.8 Å². The summed E-state index contributed by atoms with van der Waals surface area (Å²) in [5.74, 6) is -1.46. The molecule has 0 spiro atoms. The van der Waals surface area contributed by atoms with Gasteiger partial charge in [0.15, 0.2) is 0 Å². The van der Waals surface area contributed by atoms with Crippen LogP contribution in [0.25, 0.3) is 5.52 Å². The van der Waals surface area contributed by atoms with Crippen molar-refractivity contribution < 1.29 is 8.78 Å². The summed E-state index contributed by atoms with van der Waals surface area (Å²) < 4.78 is 28.1. The van der Waals surface area contributed by atoms with E-state index in [0.717, 1.165) is 11.3 Å². The minimum atomic E-state index is -2.48.